The maximum Gasteiger partial charge on any atom is 0.0915 e. The highest BCUT2D eigenvalue weighted by Crippen LogP contribution is 2.36. The van der Waals surface area contributed by atoms with Crippen LogP contribution < -0.4 is 4.90 Å². The first-order chi connectivity index (χ1) is 11.2. The smallest absolute Gasteiger partial charge is 0.0915 e. The molecule has 3 rings (SSSR count). The molecule has 2 heterocycles. The van der Waals surface area contributed by atoms with Crippen LogP contribution in [0.1, 0.15) is 19.8 Å². The number of allylic oxidation sites excluding steroid dienone is 2. The van der Waals surface area contributed by atoms with Gasteiger partial charge < -0.3 is 9.64 Å². The van der Waals surface area contributed by atoms with Crippen LogP contribution in [-0.4, -0.2) is 18.9 Å². The Morgan fingerprint density at radius 1 is 1.26 bits per heavy atom. The summed E-state index contributed by atoms with van der Waals surface area (Å²) in [5, 5.41) is 0.739. The fourth-order valence-corrected chi connectivity index (χ4v) is 3.29. The average molecular weight is 329 g/mol. The number of hydrogen-bond acceptors (Lipinski definition) is 3. The maximum absolute atomic E-state index is 6.02. The van der Waals surface area contributed by atoms with E-state index in [1.807, 2.05) is 31.2 Å². The molecule has 3 nitrogen and oxygen atoms in total. The number of halogens is 1. The highest BCUT2D eigenvalue weighted by Gasteiger charge is 2.31. The number of ether oxygens (including phenoxy) is 1. The molecule has 0 aliphatic carbocycles. The van der Waals surface area contributed by atoms with Crippen LogP contribution in [0.4, 0.5) is 5.69 Å². The van der Waals surface area contributed by atoms with E-state index in [1.54, 1.807) is 6.20 Å². The SMILES string of the molecule is C=CN=C1C(C2CCOCC2)=CN(c2ccc(Cl)cc2)/C1=C/C. The minimum Gasteiger partial charge on any atom is -0.381 e. The number of benzene rings is 1. The predicted octanol–water partition coefficient (Wildman–Crippen LogP) is 4.96. The normalized spacial score (nSPS) is 22.7. The molecule has 0 amide bonds. The topological polar surface area (TPSA) is 24.8 Å². The first-order valence-electron chi connectivity index (χ1n) is 7.94. The van der Waals surface area contributed by atoms with E-state index in [4.69, 9.17) is 16.3 Å². The van der Waals surface area contributed by atoms with Crippen molar-refractivity contribution in [3.05, 3.63) is 65.6 Å². The molecule has 2 aliphatic heterocycles. The quantitative estimate of drug-likeness (QED) is 0.783. The Balaban J connectivity index is 2.01. The predicted molar refractivity (Wildman–Crippen MR) is 96.9 cm³/mol. The third-order valence-corrected chi connectivity index (χ3v) is 4.56. The first kappa shape index (κ1) is 16.0. The van der Waals surface area contributed by atoms with E-state index in [0.717, 1.165) is 48.2 Å². The van der Waals surface area contributed by atoms with E-state index in [9.17, 15) is 0 Å². The Bertz CT molecular complexity index is 667. The molecule has 120 valence electrons. The van der Waals surface area contributed by atoms with E-state index in [0.29, 0.717) is 5.92 Å². The van der Waals surface area contributed by atoms with Gasteiger partial charge in [-0.25, -0.2) is 0 Å². The molecule has 0 N–H and O–H groups in total. The Hall–Kier alpha value is -1.84. The summed E-state index contributed by atoms with van der Waals surface area (Å²) in [6.45, 7) is 7.45. The molecular formula is C19H21ClN2O. The van der Waals surface area contributed by atoms with Crippen LogP contribution in [0.2, 0.25) is 5.02 Å². The summed E-state index contributed by atoms with van der Waals surface area (Å²) in [5.74, 6) is 0.481. The molecule has 1 aromatic carbocycles. The molecule has 0 spiro atoms. The van der Waals surface area contributed by atoms with Gasteiger partial charge in [0.25, 0.3) is 0 Å². The fourth-order valence-electron chi connectivity index (χ4n) is 3.16. The average Bonchev–Trinajstić information content (AvgIpc) is 2.95. The van der Waals surface area contributed by atoms with E-state index >= 15 is 0 Å². The van der Waals surface area contributed by atoms with E-state index in [1.165, 1.54) is 5.57 Å². The van der Waals surface area contributed by atoms with Gasteiger partial charge >= 0.3 is 0 Å². The zero-order chi connectivity index (χ0) is 16.2. The van der Waals surface area contributed by atoms with Crippen molar-refractivity contribution in [3.8, 4) is 0 Å². The zero-order valence-electron chi connectivity index (χ0n) is 13.3. The molecule has 0 aromatic heterocycles. The summed E-state index contributed by atoms with van der Waals surface area (Å²) in [5.41, 5.74) is 4.47. The number of aliphatic imine (C=N–C) groups is 1. The molecule has 0 saturated carbocycles. The van der Waals surface area contributed by atoms with Crippen molar-refractivity contribution < 1.29 is 4.74 Å². The highest BCUT2D eigenvalue weighted by atomic mass is 35.5. The number of nitrogens with zero attached hydrogens (tertiary/aromatic N) is 2. The summed E-state index contributed by atoms with van der Waals surface area (Å²) in [6, 6.07) is 7.88. The second kappa shape index (κ2) is 7.16. The Kier molecular flexibility index (Phi) is 4.99. The van der Waals surface area contributed by atoms with Crippen LogP contribution in [-0.2, 0) is 4.74 Å². The molecule has 23 heavy (non-hydrogen) atoms. The van der Waals surface area contributed by atoms with Crippen LogP contribution in [0, 0.1) is 5.92 Å². The molecule has 0 atom stereocenters. The zero-order valence-corrected chi connectivity index (χ0v) is 14.1. The summed E-state index contributed by atoms with van der Waals surface area (Å²) in [7, 11) is 0. The van der Waals surface area contributed by atoms with Crippen LogP contribution in [0.5, 0.6) is 0 Å². The summed E-state index contributed by atoms with van der Waals surface area (Å²) in [4.78, 5) is 6.75. The summed E-state index contributed by atoms with van der Waals surface area (Å²) < 4.78 is 5.50. The molecular weight excluding hydrogens is 308 g/mol. The third kappa shape index (κ3) is 3.26. The van der Waals surface area contributed by atoms with Gasteiger partial charge in [-0.1, -0.05) is 24.3 Å². The van der Waals surface area contributed by atoms with Crippen molar-refractivity contribution >= 4 is 23.0 Å². The number of anilines is 1. The molecule has 0 radical (unpaired) electrons. The van der Waals surface area contributed by atoms with E-state index < -0.39 is 0 Å². The largest absolute Gasteiger partial charge is 0.381 e. The van der Waals surface area contributed by atoms with Gasteiger partial charge in [-0.05, 0) is 55.5 Å². The van der Waals surface area contributed by atoms with Crippen LogP contribution >= 0.6 is 11.6 Å². The first-order valence-corrected chi connectivity index (χ1v) is 8.32. The van der Waals surface area contributed by atoms with Gasteiger partial charge in [0.05, 0.1) is 11.4 Å². The van der Waals surface area contributed by atoms with E-state index in [2.05, 4.69) is 28.7 Å². The van der Waals surface area contributed by atoms with Gasteiger partial charge in [-0.3, -0.25) is 4.99 Å². The molecule has 1 fully saturated rings. The van der Waals surface area contributed by atoms with Crippen LogP contribution in [0.3, 0.4) is 0 Å². The van der Waals surface area contributed by atoms with Gasteiger partial charge in [0.15, 0.2) is 0 Å². The second-order valence-electron chi connectivity index (χ2n) is 5.65. The summed E-state index contributed by atoms with van der Waals surface area (Å²) >= 11 is 6.02. The molecule has 1 aromatic rings. The maximum atomic E-state index is 6.02. The monoisotopic (exact) mass is 328 g/mol. The Morgan fingerprint density at radius 2 is 1.96 bits per heavy atom. The van der Waals surface area contributed by atoms with Crippen molar-refractivity contribution in [2.24, 2.45) is 10.9 Å². The second-order valence-corrected chi connectivity index (χ2v) is 6.09. The Labute approximate surface area is 142 Å². The van der Waals surface area contributed by atoms with Crippen LogP contribution in [0.15, 0.2) is 65.6 Å². The van der Waals surface area contributed by atoms with Crippen molar-refractivity contribution in [2.45, 2.75) is 19.8 Å². The van der Waals surface area contributed by atoms with Gasteiger partial charge in [0.2, 0.25) is 0 Å². The standard InChI is InChI=1S/C19H21ClN2O/c1-3-18-19(21-4-2)17(14-9-11-23-12-10-14)13-22(18)16-7-5-15(20)6-8-16/h3-8,13-14H,2,9-12H2,1H3/b18-3+,21-19?. The lowest BCUT2D eigenvalue weighted by Gasteiger charge is -2.23. The van der Waals surface area contributed by atoms with Gasteiger partial charge in [0, 0.05) is 36.3 Å². The van der Waals surface area contributed by atoms with E-state index in [-0.39, 0.29) is 0 Å². The van der Waals surface area contributed by atoms with Crippen LogP contribution in [0.25, 0.3) is 0 Å². The minimum absolute atomic E-state index is 0.481. The van der Waals surface area contributed by atoms with Crippen molar-refractivity contribution in [2.75, 3.05) is 18.1 Å². The van der Waals surface area contributed by atoms with Gasteiger partial charge in [-0.2, -0.15) is 0 Å². The molecule has 2 aliphatic rings. The lowest BCUT2D eigenvalue weighted by molar-refractivity contribution is 0.0771. The molecule has 1 saturated heterocycles. The molecule has 4 heteroatoms. The van der Waals surface area contributed by atoms with Crippen molar-refractivity contribution in [3.63, 3.8) is 0 Å². The van der Waals surface area contributed by atoms with Gasteiger partial charge in [0.1, 0.15) is 0 Å². The van der Waals surface area contributed by atoms with Gasteiger partial charge in [-0.15, -0.1) is 0 Å². The van der Waals surface area contributed by atoms with Crippen molar-refractivity contribution in [1.82, 2.24) is 0 Å². The van der Waals surface area contributed by atoms with Crippen molar-refractivity contribution in [1.29, 1.82) is 0 Å². The Morgan fingerprint density at radius 3 is 2.57 bits per heavy atom. The number of hydrogen-bond donors (Lipinski definition) is 0. The third-order valence-electron chi connectivity index (χ3n) is 4.30. The lowest BCUT2D eigenvalue weighted by Crippen LogP contribution is -2.21. The molecule has 0 unspecified atom stereocenters. The highest BCUT2D eigenvalue weighted by molar-refractivity contribution is 6.30. The summed E-state index contributed by atoms with van der Waals surface area (Å²) in [6.07, 6.45) is 7.99. The minimum atomic E-state index is 0.481. The fraction of sp³-hybridized carbons (Fsp3) is 0.316. The lowest BCUT2D eigenvalue weighted by atomic mass is 9.89. The molecule has 0 bridgehead atoms. The number of rotatable bonds is 3.